The third-order valence-corrected chi connectivity index (χ3v) is 6.35. The van der Waals surface area contributed by atoms with E-state index in [1.54, 1.807) is 13.8 Å². The smallest absolute Gasteiger partial charge is 0.253 e. The van der Waals surface area contributed by atoms with E-state index in [1.165, 1.54) is 17.9 Å². The average Bonchev–Trinajstić information content (AvgIpc) is 3.58. The van der Waals surface area contributed by atoms with E-state index in [9.17, 15) is 14.0 Å². The van der Waals surface area contributed by atoms with Crippen LogP contribution in [0.4, 0.5) is 10.1 Å². The summed E-state index contributed by atoms with van der Waals surface area (Å²) >= 11 is 0. The quantitative estimate of drug-likeness (QED) is 0.630. The Bertz CT molecular complexity index is 1210. The van der Waals surface area contributed by atoms with Crippen LogP contribution < -0.4 is 10.3 Å². The Morgan fingerprint density at radius 2 is 1.88 bits per heavy atom. The van der Waals surface area contributed by atoms with Crippen molar-refractivity contribution in [1.82, 2.24) is 5.32 Å². The van der Waals surface area contributed by atoms with Gasteiger partial charge in [0.1, 0.15) is 6.67 Å². The fourth-order valence-electron chi connectivity index (χ4n) is 3.87. The zero-order valence-electron chi connectivity index (χ0n) is 20.2. The Morgan fingerprint density at radius 3 is 2.53 bits per heavy atom. The van der Waals surface area contributed by atoms with E-state index in [0.717, 1.165) is 27.8 Å². The van der Waals surface area contributed by atoms with E-state index in [4.69, 9.17) is 0 Å². The van der Waals surface area contributed by atoms with Crippen LogP contribution in [0, 0.1) is 37.0 Å². The summed E-state index contributed by atoms with van der Waals surface area (Å²) in [4.78, 5) is 25.1. The summed E-state index contributed by atoms with van der Waals surface area (Å²) in [7, 11) is 0. The van der Waals surface area contributed by atoms with Gasteiger partial charge in [0, 0.05) is 23.6 Å². The van der Waals surface area contributed by atoms with Gasteiger partial charge >= 0.3 is 0 Å². The molecule has 0 unspecified atom stereocenters. The molecule has 0 saturated heterocycles. The van der Waals surface area contributed by atoms with Gasteiger partial charge in [-0.3, -0.25) is 9.59 Å². The van der Waals surface area contributed by atoms with Gasteiger partial charge < -0.3 is 5.32 Å². The molecule has 2 aromatic carbocycles. The lowest BCUT2D eigenvalue weighted by atomic mass is 9.92. The topological polar surface area (TPSA) is 61.8 Å². The number of benzene rings is 2. The molecule has 1 aliphatic heterocycles. The monoisotopic (exact) mass is 459 g/mol. The highest BCUT2D eigenvalue weighted by Crippen LogP contribution is 2.29. The van der Waals surface area contributed by atoms with Crippen LogP contribution >= 0.6 is 0 Å². The van der Waals surface area contributed by atoms with Crippen molar-refractivity contribution in [2.24, 2.45) is 16.4 Å². The number of anilines is 1. The van der Waals surface area contributed by atoms with E-state index in [-0.39, 0.29) is 24.8 Å². The summed E-state index contributed by atoms with van der Waals surface area (Å²) in [6.45, 7) is 6.67. The third-order valence-electron chi connectivity index (χ3n) is 6.35. The van der Waals surface area contributed by atoms with Crippen molar-refractivity contribution in [3.8, 4) is 11.8 Å². The van der Waals surface area contributed by atoms with Crippen molar-refractivity contribution < 1.29 is 14.0 Å². The second-order valence-corrected chi connectivity index (χ2v) is 9.76. The van der Waals surface area contributed by atoms with Gasteiger partial charge in [-0.25, -0.2) is 9.40 Å². The second-order valence-electron chi connectivity index (χ2n) is 9.76. The molecule has 176 valence electrons. The van der Waals surface area contributed by atoms with E-state index >= 15 is 0 Å². The second kappa shape index (κ2) is 9.42. The van der Waals surface area contributed by atoms with Crippen LogP contribution in [0.25, 0.3) is 0 Å². The molecule has 1 N–H and O–H groups in total. The van der Waals surface area contributed by atoms with Crippen LogP contribution in [0.2, 0.25) is 0 Å². The minimum absolute atomic E-state index is 0.0889. The molecule has 0 bridgehead atoms. The summed E-state index contributed by atoms with van der Waals surface area (Å²) in [6, 6.07) is 11.5. The highest BCUT2D eigenvalue weighted by molar-refractivity contribution is 6.20. The van der Waals surface area contributed by atoms with Gasteiger partial charge in [-0.05, 0) is 81.5 Å². The number of carbonyl (C=O) groups excluding carboxylic acids is 2. The standard InChI is InChI=1S/C28H30FN3O2/c1-18-5-12-22(16-30-27(34)28(3,4)17-29)19(2)26(18)24-15-25(33)32(31-24)23-13-10-21(11-14-23)9-8-20-6-7-20/h5,10-14,20H,6-7,15-17H2,1-4H3,(H,30,34). The SMILES string of the molecule is Cc1ccc(CNC(=O)C(C)(C)CF)c(C)c1C1=NN(c2ccc(C#CC3CC3)cc2)C(=O)C1. The number of nitrogens with one attached hydrogen (secondary N) is 1. The molecule has 1 heterocycles. The average molecular weight is 460 g/mol. The Kier molecular flexibility index (Phi) is 6.56. The summed E-state index contributed by atoms with van der Waals surface area (Å²) in [5.74, 6) is 6.55. The highest BCUT2D eigenvalue weighted by atomic mass is 19.1. The molecule has 6 heteroatoms. The number of aryl methyl sites for hydroxylation is 1. The minimum Gasteiger partial charge on any atom is -0.351 e. The zero-order chi connectivity index (χ0) is 24.5. The van der Waals surface area contributed by atoms with Gasteiger partial charge in [0.2, 0.25) is 5.91 Å². The first-order valence-corrected chi connectivity index (χ1v) is 11.7. The van der Waals surface area contributed by atoms with Gasteiger partial charge in [-0.1, -0.05) is 24.0 Å². The Balaban J connectivity index is 1.55. The highest BCUT2D eigenvalue weighted by Gasteiger charge is 2.29. The summed E-state index contributed by atoms with van der Waals surface area (Å²) in [6.07, 6.45) is 2.58. The molecule has 0 atom stereocenters. The molecule has 2 aliphatic rings. The van der Waals surface area contributed by atoms with Gasteiger partial charge in [0.15, 0.2) is 0 Å². The number of alkyl halides is 1. The van der Waals surface area contributed by atoms with Crippen LogP contribution in [-0.2, 0) is 16.1 Å². The molecule has 5 nitrogen and oxygen atoms in total. The largest absolute Gasteiger partial charge is 0.351 e. The minimum atomic E-state index is -1.07. The van der Waals surface area contributed by atoms with Gasteiger partial charge in [0.05, 0.1) is 23.2 Å². The first-order chi connectivity index (χ1) is 16.2. The predicted molar refractivity (Wildman–Crippen MR) is 132 cm³/mol. The van der Waals surface area contributed by atoms with E-state index in [1.807, 2.05) is 50.2 Å². The first-order valence-electron chi connectivity index (χ1n) is 11.7. The number of rotatable bonds is 6. The van der Waals surface area contributed by atoms with Gasteiger partial charge in [-0.15, -0.1) is 0 Å². The molecular weight excluding hydrogens is 429 g/mol. The Morgan fingerprint density at radius 1 is 1.18 bits per heavy atom. The molecule has 2 amide bonds. The molecule has 4 rings (SSSR count). The maximum Gasteiger partial charge on any atom is 0.253 e. The van der Waals surface area contributed by atoms with Crippen molar-refractivity contribution >= 4 is 23.2 Å². The maximum atomic E-state index is 13.1. The molecule has 2 aromatic rings. The Labute approximate surface area is 200 Å². The van der Waals surface area contributed by atoms with Crippen LogP contribution in [0.15, 0.2) is 41.5 Å². The molecule has 34 heavy (non-hydrogen) atoms. The van der Waals surface area contributed by atoms with Crippen molar-refractivity contribution in [3.63, 3.8) is 0 Å². The molecular formula is C28H30FN3O2. The number of hydrogen-bond acceptors (Lipinski definition) is 3. The van der Waals surface area contributed by atoms with Crippen molar-refractivity contribution in [2.45, 2.75) is 53.5 Å². The molecule has 1 fully saturated rings. The van der Waals surface area contributed by atoms with Crippen molar-refractivity contribution in [3.05, 3.63) is 64.2 Å². The normalized spacial score (nSPS) is 15.6. The van der Waals surface area contributed by atoms with Crippen LogP contribution in [0.3, 0.4) is 0 Å². The first kappa shape index (κ1) is 23.7. The van der Waals surface area contributed by atoms with E-state index < -0.39 is 12.1 Å². The van der Waals surface area contributed by atoms with Gasteiger partial charge in [0.25, 0.3) is 5.91 Å². The Hall–Kier alpha value is -3.46. The summed E-state index contributed by atoms with van der Waals surface area (Å²) in [5.41, 5.74) is 5.08. The number of amides is 2. The third kappa shape index (κ3) is 5.04. The molecule has 1 aliphatic carbocycles. The summed E-state index contributed by atoms with van der Waals surface area (Å²) < 4.78 is 13.1. The van der Waals surface area contributed by atoms with Crippen LogP contribution in [-0.4, -0.2) is 24.2 Å². The number of halogens is 1. The fraction of sp³-hybridized carbons (Fsp3) is 0.393. The maximum absolute atomic E-state index is 13.1. The number of hydrazone groups is 1. The number of carbonyl (C=O) groups is 2. The number of hydrogen-bond donors (Lipinski definition) is 1. The fourth-order valence-corrected chi connectivity index (χ4v) is 3.87. The van der Waals surface area contributed by atoms with Gasteiger partial charge in [-0.2, -0.15) is 5.10 Å². The van der Waals surface area contributed by atoms with E-state index in [0.29, 0.717) is 17.3 Å². The molecule has 0 aromatic heterocycles. The lowest BCUT2D eigenvalue weighted by Crippen LogP contribution is -2.38. The summed E-state index contributed by atoms with van der Waals surface area (Å²) in [5, 5.41) is 8.94. The number of nitrogens with zero attached hydrogens (tertiary/aromatic N) is 2. The zero-order valence-corrected chi connectivity index (χ0v) is 20.2. The predicted octanol–water partition coefficient (Wildman–Crippen LogP) is 4.82. The molecule has 0 spiro atoms. The van der Waals surface area contributed by atoms with Crippen molar-refractivity contribution in [1.29, 1.82) is 0 Å². The van der Waals surface area contributed by atoms with Crippen molar-refractivity contribution in [2.75, 3.05) is 11.7 Å². The molecule has 0 radical (unpaired) electrons. The lowest BCUT2D eigenvalue weighted by molar-refractivity contribution is -0.130. The molecule has 1 saturated carbocycles. The van der Waals surface area contributed by atoms with Crippen LogP contribution in [0.1, 0.15) is 60.9 Å². The van der Waals surface area contributed by atoms with E-state index in [2.05, 4.69) is 22.3 Å². The lowest BCUT2D eigenvalue weighted by Gasteiger charge is -2.20. The van der Waals surface area contributed by atoms with Crippen LogP contribution in [0.5, 0.6) is 0 Å².